The molecule has 1 aromatic carbocycles. The lowest BCUT2D eigenvalue weighted by Gasteiger charge is -2.21. The number of pyridine rings is 1. The summed E-state index contributed by atoms with van der Waals surface area (Å²) >= 11 is 12.3. The first-order chi connectivity index (χ1) is 10.0. The molecular formula is C17H20Cl2N2. The third-order valence-electron chi connectivity index (χ3n) is 3.37. The predicted molar refractivity (Wildman–Crippen MR) is 89.9 cm³/mol. The fourth-order valence-corrected chi connectivity index (χ4v) is 2.93. The van der Waals surface area contributed by atoms with Crippen molar-refractivity contribution in [3.8, 4) is 0 Å². The second-order valence-electron chi connectivity index (χ2n) is 5.60. The molecule has 0 aliphatic rings. The molecule has 0 bridgehead atoms. The fourth-order valence-electron chi connectivity index (χ4n) is 2.54. The molecule has 0 aliphatic carbocycles. The van der Waals surface area contributed by atoms with Crippen molar-refractivity contribution in [2.24, 2.45) is 5.92 Å². The lowest BCUT2D eigenvalue weighted by molar-refractivity contribution is 0.277. The first-order valence-corrected chi connectivity index (χ1v) is 7.81. The van der Waals surface area contributed by atoms with Gasteiger partial charge in [0.25, 0.3) is 0 Å². The quantitative estimate of drug-likeness (QED) is 0.766. The van der Waals surface area contributed by atoms with Gasteiger partial charge in [0, 0.05) is 35.5 Å². The van der Waals surface area contributed by atoms with Crippen molar-refractivity contribution in [1.82, 2.24) is 9.88 Å². The Labute approximate surface area is 136 Å². The first-order valence-electron chi connectivity index (χ1n) is 7.06. The maximum atomic E-state index is 6.23. The fraction of sp³-hybridized carbons (Fsp3) is 0.353. The van der Waals surface area contributed by atoms with Gasteiger partial charge in [-0.2, -0.15) is 0 Å². The van der Waals surface area contributed by atoms with Crippen molar-refractivity contribution in [3.05, 3.63) is 63.9 Å². The molecule has 0 aliphatic heterocycles. The molecule has 4 heteroatoms. The lowest BCUT2D eigenvalue weighted by Crippen LogP contribution is -2.25. The highest BCUT2D eigenvalue weighted by Crippen LogP contribution is 2.23. The van der Waals surface area contributed by atoms with Crippen molar-refractivity contribution in [1.29, 1.82) is 0 Å². The maximum Gasteiger partial charge on any atom is 0.0439 e. The van der Waals surface area contributed by atoms with E-state index < -0.39 is 0 Å². The molecule has 2 aromatic rings. The van der Waals surface area contributed by atoms with Crippen LogP contribution in [0.25, 0.3) is 0 Å². The van der Waals surface area contributed by atoms with Gasteiger partial charge in [-0.3, -0.25) is 4.98 Å². The second kappa shape index (κ2) is 7.79. The van der Waals surface area contributed by atoms with E-state index in [4.69, 9.17) is 23.2 Å². The molecule has 1 heterocycles. The van der Waals surface area contributed by atoms with E-state index in [1.165, 1.54) is 5.56 Å². The number of halogens is 2. The Morgan fingerprint density at radius 3 is 2.76 bits per heavy atom. The molecule has 0 saturated heterocycles. The van der Waals surface area contributed by atoms with Gasteiger partial charge in [-0.15, -0.1) is 0 Å². The van der Waals surface area contributed by atoms with E-state index in [0.29, 0.717) is 5.92 Å². The molecule has 0 amide bonds. The van der Waals surface area contributed by atoms with Crippen LogP contribution in [0.2, 0.25) is 10.0 Å². The van der Waals surface area contributed by atoms with Crippen molar-refractivity contribution >= 4 is 23.2 Å². The monoisotopic (exact) mass is 322 g/mol. The average Bonchev–Trinajstić information content (AvgIpc) is 2.43. The van der Waals surface area contributed by atoms with Crippen LogP contribution in [0, 0.1) is 5.92 Å². The summed E-state index contributed by atoms with van der Waals surface area (Å²) in [5.74, 6) is 0.502. The van der Waals surface area contributed by atoms with Gasteiger partial charge >= 0.3 is 0 Å². The van der Waals surface area contributed by atoms with Crippen LogP contribution >= 0.6 is 23.2 Å². The summed E-state index contributed by atoms with van der Waals surface area (Å²) < 4.78 is 0. The normalized spacial score (nSPS) is 12.6. The molecule has 112 valence electrons. The van der Waals surface area contributed by atoms with E-state index in [2.05, 4.69) is 29.9 Å². The molecule has 2 rings (SSSR count). The Kier molecular flexibility index (Phi) is 6.04. The number of rotatable bonds is 6. The maximum absolute atomic E-state index is 6.23. The Hall–Kier alpha value is -1.09. The Morgan fingerprint density at radius 1 is 1.24 bits per heavy atom. The number of aromatic nitrogens is 1. The summed E-state index contributed by atoms with van der Waals surface area (Å²) in [6, 6.07) is 9.72. The Balaban J connectivity index is 1.89. The molecule has 2 nitrogen and oxygen atoms in total. The standard InChI is InChI=1S/C17H20Cl2N2/c1-13(8-15-9-16(18)5-6-17(15)19)11-21(2)12-14-4-3-7-20-10-14/h3-7,9-10,13H,8,11-12H2,1-2H3. The van der Waals surface area contributed by atoms with Crippen molar-refractivity contribution in [3.63, 3.8) is 0 Å². The summed E-state index contributed by atoms with van der Waals surface area (Å²) in [7, 11) is 2.13. The SMILES string of the molecule is CC(Cc1cc(Cl)ccc1Cl)CN(C)Cc1cccnc1. The van der Waals surface area contributed by atoms with Crippen LogP contribution in [0.3, 0.4) is 0 Å². The topological polar surface area (TPSA) is 16.1 Å². The van der Waals surface area contributed by atoms with Crippen LogP contribution < -0.4 is 0 Å². The van der Waals surface area contributed by atoms with Gasteiger partial charge in [0.1, 0.15) is 0 Å². The molecule has 1 unspecified atom stereocenters. The van der Waals surface area contributed by atoms with Crippen LogP contribution in [0.5, 0.6) is 0 Å². The minimum absolute atomic E-state index is 0.502. The average molecular weight is 323 g/mol. The Morgan fingerprint density at radius 2 is 2.05 bits per heavy atom. The zero-order chi connectivity index (χ0) is 15.2. The summed E-state index contributed by atoms with van der Waals surface area (Å²) in [6.07, 6.45) is 4.64. The van der Waals surface area contributed by atoms with Gasteiger partial charge in [-0.05, 0) is 54.8 Å². The summed E-state index contributed by atoms with van der Waals surface area (Å²) in [4.78, 5) is 6.45. The van der Waals surface area contributed by atoms with Crippen LogP contribution in [0.15, 0.2) is 42.7 Å². The summed E-state index contributed by atoms with van der Waals surface area (Å²) in [5, 5.41) is 1.53. The van der Waals surface area contributed by atoms with Gasteiger partial charge in [-0.1, -0.05) is 36.2 Å². The summed E-state index contributed by atoms with van der Waals surface area (Å²) in [6.45, 7) is 4.14. The molecular weight excluding hydrogens is 303 g/mol. The van der Waals surface area contributed by atoms with E-state index in [1.807, 2.05) is 30.5 Å². The smallest absolute Gasteiger partial charge is 0.0439 e. The van der Waals surface area contributed by atoms with Gasteiger partial charge in [-0.25, -0.2) is 0 Å². The summed E-state index contributed by atoms with van der Waals surface area (Å²) in [5.41, 5.74) is 2.35. The zero-order valence-electron chi connectivity index (χ0n) is 12.4. The molecule has 0 radical (unpaired) electrons. The van der Waals surface area contributed by atoms with E-state index in [1.54, 1.807) is 6.20 Å². The highest BCUT2D eigenvalue weighted by molar-refractivity contribution is 6.33. The molecule has 1 aromatic heterocycles. The first kappa shape index (κ1) is 16.3. The highest BCUT2D eigenvalue weighted by Gasteiger charge is 2.10. The molecule has 0 spiro atoms. The molecule has 0 fully saturated rings. The third kappa shape index (κ3) is 5.31. The largest absolute Gasteiger partial charge is 0.302 e. The minimum atomic E-state index is 0.502. The number of benzene rings is 1. The molecule has 0 N–H and O–H groups in total. The van der Waals surface area contributed by atoms with Gasteiger partial charge in [0.2, 0.25) is 0 Å². The molecule has 21 heavy (non-hydrogen) atoms. The third-order valence-corrected chi connectivity index (χ3v) is 3.98. The lowest BCUT2D eigenvalue weighted by atomic mass is 10.0. The highest BCUT2D eigenvalue weighted by atomic mass is 35.5. The Bertz CT molecular complexity index is 572. The van der Waals surface area contributed by atoms with Crippen LogP contribution in [-0.4, -0.2) is 23.5 Å². The predicted octanol–water partition coefficient (Wildman–Crippen LogP) is 4.70. The number of hydrogen-bond donors (Lipinski definition) is 0. The van der Waals surface area contributed by atoms with E-state index >= 15 is 0 Å². The van der Waals surface area contributed by atoms with Crippen LogP contribution in [0.4, 0.5) is 0 Å². The van der Waals surface area contributed by atoms with Crippen molar-refractivity contribution < 1.29 is 0 Å². The van der Waals surface area contributed by atoms with E-state index in [-0.39, 0.29) is 0 Å². The van der Waals surface area contributed by atoms with Crippen LogP contribution in [-0.2, 0) is 13.0 Å². The van der Waals surface area contributed by atoms with Gasteiger partial charge < -0.3 is 4.90 Å². The van der Waals surface area contributed by atoms with Crippen molar-refractivity contribution in [2.45, 2.75) is 19.9 Å². The van der Waals surface area contributed by atoms with Gasteiger partial charge in [0.05, 0.1) is 0 Å². The number of hydrogen-bond acceptors (Lipinski definition) is 2. The van der Waals surface area contributed by atoms with Crippen molar-refractivity contribution in [2.75, 3.05) is 13.6 Å². The minimum Gasteiger partial charge on any atom is -0.302 e. The zero-order valence-corrected chi connectivity index (χ0v) is 13.9. The van der Waals surface area contributed by atoms with Gasteiger partial charge in [0.15, 0.2) is 0 Å². The molecule has 1 atom stereocenters. The van der Waals surface area contributed by atoms with Crippen LogP contribution in [0.1, 0.15) is 18.1 Å². The van der Waals surface area contributed by atoms with E-state index in [0.717, 1.165) is 35.1 Å². The van der Waals surface area contributed by atoms with E-state index in [9.17, 15) is 0 Å². The second-order valence-corrected chi connectivity index (χ2v) is 6.45. The molecule has 0 saturated carbocycles. The number of nitrogens with zero attached hydrogens (tertiary/aromatic N) is 2.